The fourth-order valence-electron chi connectivity index (χ4n) is 4.38. The second-order valence-corrected chi connectivity index (χ2v) is 8.92. The number of hydrogen-bond donors (Lipinski definition) is 2. The molecule has 0 radical (unpaired) electrons. The normalized spacial score (nSPS) is 20.6. The molecule has 0 unspecified atom stereocenters. The van der Waals surface area contributed by atoms with E-state index < -0.39 is 34.3 Å². The average Bonchev–Trinajstić information content (AvgIpc) is 2.50. The Morgan fingerprint density at radius 2 is 1.05 bits per heavy atom. The zero-order valence-electron chi connectivity index (χ0n) is 13.0. The Kier molecular flexibility index (Phi) is 9.38. The van der Waals surface area contributed by atoms with E-state index in [4.69, 9.17) is 30.1 Å². The van der Waals surface area contributed by atoms with Crippen LogP contribution in [0.1, 0.15) is 64.2 Å². The molecule has 0 bridgehead atoms. The van der Waals surface area contributed by atoms with Crippen molar-refractivity contribution in [2.75, 3.05) is 0 Å². The number of halogens is 2. The Bertz CT molecular complexity index is 337. The molecule has 7 heteroatoms. The van der Waals surface area contributed by atoms with Crippen molar-refractivity contribution in [2.24, 2.45) is 28.7 Å². The van der Waals surface area contributed by atoms with Crippen LogP contribution < -0.4 is 11.5 Å². The summed E-state index contributed by atoms with van der Waals surface area (Å²) in [5.74, 6) is -0.809. The molecule has 2 amide bonds. The van der Waals surface area contributed by atoms with Crippen molar-refractivity contribution < 1.29 is 26.6 Å². The van der Waals surface area contributed by atoms with Crippen molar-refractivity contribution in [1.82, 2.24) is 0 Å². The van der Waals surface area contributed by atoms with Gasteiger partial charge in [0.25, 0.3) is 0 Å². The number of carbonyl (C=O) groups excluding carboxylic acids is 2. The summed E-state index contributed by atoms with van der Waals surface area (Å²) < 4.78 is 0. The summed E-state index contributed by atoms with van der Waals surface area (Å²) in [4.78, 5) is 24.4. The maximum atomic E-state index is 12.2. The van der Waals surface area contributed by atoms with Crippen LogP contribution in [-0.2, 0) is 26.6 Å². The minimum absolute atomic E-state index is 0.0688. The van der Waals surface area contributed by atoms with Gasteiger partial charge in [-0.3, -0.25) is 9.59 Å². The third-order valence-corrected chi connectivity index (χ3v) is 5.31. The molecule has 4 nitrogen and oxygen atoms in total. The fraction of sp³-hybridized carbons (Fsp3) is 0.867. The maximum absolute atomic E-state index is 12.2. The van der Waals surface area contributed by atoms with Gasteiger partial charge in [-0.25, -0.2) is 0 Å². The van der Waals surface area contributed by atoms with Crippen LogP contribution in [-0.4, -0.2) is 11.8 Å². The van der Waals surface area contributed by atoms with Crippen molar-refractivity contribution in [2.45, 2.75) is 64.2 Å². The molecule has 0 aliphatic heterocycles. The van der Waals surface area contributed by atoms with Crippen LogP contribution in [0.5, 0.6) is 0 Å². The van der Waals surface area contributed by atoms with E-state index in [2.05, 4.69) is 0 Å². The number of amides is 2. The molecule has 126 valence electrons. The van der Waals surface area contributed by atoms with Crippen molar-refractivity contribution in [3.8, 4) is 0 Å². The number of nitrogens with two attached hydrogens (primary N) is 2. The van der Waals surface area contributed by atoms with Crippen LogP contribution in [0.4, 0.5) is 0 Å². The zero-order valence-corrected chi connectivity index (χ0v) is 16.0. The number of carbonyl (C=O) groups is 2. The monoisotopic (exact) mass is 384 g/mol. The standard InChI is InChI=1S/C15H26N2O2.2ClH.Ti/c16-13(18)15(14(17)19,11-7-3-1-4-8-11)12-9-5-2-6-10-12;;;/h11-12H,1-10H2,(H2,16,18)(H2,17,19);2*1H;/q;;;+2/p-2. The van der Waals surface area contributed by atoms with Gasteiger partial charge < -0.3 is 11.5 Å². The Morgan fingerprint density at radius 3 is 1.27 bits per heavy atom. The molecule has 0 aromatic rings. The van der Waals surface area contributed by atoms with Crippen molar-refractivity contribution >= 4 is 30.4 Å². The summed E-state index contributed by atoms with van der Waals surface area (Å²) in [7, 11) is 9.78. The third-order valence-electron chi connectivity index (χ3n) is 5.31. The van der Waals surface area contributed by atoms with Crippen LogP contribution in [0.25, 0.3) is 0 Å². The van der Waals surface area contributed by atoms with E-state index in [1.54, 1.807) is 0 Å². The second-order valence-electron chi connectivity index (χ2n) is 6.34. The van der Waals surface area contributed by atoms with Crippen molar-refractivity contribution in [1.29, 1.82) is 0 Å². The molecule has 2 rings (SSSR count). The van der Waals surface area contributed by atoms with Crippen molar-refractivity contribution in [3.63, 3.8) is 0 Å². The molecule has 2 fully saturated rings. The number of rotatable bonds is 4. The summed E-state index contributed by atoms with van der Waals surface area (Å²) in [5.41, 5.74) is 10.3. The Labute approximate surface area is 149 Å². The molecule has 0 aromatic carbocycles. The SMILES string of the molecule is NC(=O)C(C(N)=O)(C1CCCCC1)C1CCCCC1.[Cl][Ti][Cl]. The number of hydrogen-bond acceptors (Lipinski definition) is 2. The Morgan fingerprint density at radius 1 is 0.773 bits per heavy atom. The molecule has 2 aliphatic carbocycles. The first-order chi connectivity index (χ1) is 10.5. The van der Waals surface area contributed by atoms with Gasteiger partial charge in [-0.2, -0.15) is 0 Å². The van der Waals surface area contributed by atoms with Gasteiger partial charge in [0.15, 0.2) is 0 Å². The van der Waals surface area contributed by atoms with Gasteiger partial charge in [0.2, 0.25) is 11.8 Å². The molecular formula is C15H26Cl2N2O2Ti. The third kappa shape index (κ3) is 4.62. The van der Waals surface area contributed by atoms with Gasteiger partial charge in [0.05, 0.1) is 0 Å². The first-order valence-corrected chi connectivity index (χ1v) is 12.4. The van der Waals surface area contributed by atoms with E-state index in [-0.39, 0.29) is 11.8 Å². The molecule has 22 heavy (non-hydrogen) atoms. The van der Waals surface area contributed by atoms with Crippen LogP contribution in [0.15, 0.2) is 0 Å². The van der Waals surface area contributed by atoms with Crippen molar-refractivity contribution in [3.05, 3.63) is 0 Å². The van der Waals surface area contributed by atoms with Crippen LogP contribution in [0.2, 0.25) is 0 Å². The molecule has 0 aromatic heterocycles. The molecular weight excluding hydrogens is 359 g/mol. The van der Waals surface area contributed by atoms with E-state index in [9.17, 15) is 9.59 Å². The summed E-state index contributed by atoms with van der Waals surface area (Å²) in [5, 5.41) is 0. The summed E-state index contributed by atoms with van der Waals surface area (Å²) >= 11 is -0.556. The van der Waals surface area contributed by atoms with Crippen LogP contribution >= 0.6 is 18.6 Å². The molecule has 0 spiro atoms. The molecule has 2 aliphatic rings. The Balaban J connectivity index is 0.000000745. The number of primary amides is 2. The average molecular weight is 385 g/mol. The van der Waals surface area contributed by atoms with E-state index in [0.29, 0.717) is 0 Å². The molecule has 0 saturated heterocycles. The first-order valence-electron chi connectivity index (χ1n) is 8.07. The second kappa shape index (κ2) is 10.2. The van der Waals surface area contributed by atoms with Gasteiger partial charge in [0.1, 0.15) is 5.41 Å². The van der Waals surface area contributed by atoms with Gasteiger partial charge in [-0.1, -0.05) is 38.5 Å². The molecule has 2 saturated carbocycles. The summed E-state index contributed by atoms with van der Waals surface area (Å²) in [6.07, 6.45) is 10.4. The predicted molar refractivity (Wildman–Crippen MR) is 85.7 cm³/mol. The van der Waals surface area contributed by atoms with Gasteiger partial charge in [-0.05, 0) is 37.5 Å². The summed E-state index contributed by atoms with van der Waals surface area (Å²) in [6, 6.07) is 0. The quantitative estimate of drug-likeness (QED) is 0.574. The zero-order chi connectivity index (χ0) is 16.6. The van der Waals surface area contributed by atoms with E-state index in [1.807, 2.05) is 0 Å². The fourth-order valence-corrected chi connectivity index (χ4v) is 4.38. The summed E-state index contributed by atoms with van der Waals surface area (Å²) in [6.45, 7) is 0. The van der Waals surface area contributed by atoms with E-state index in [1.165, 1.54) is 12.8 Å². The first kappa shape index (κ1) is 20.3. The van der Waals surface area contributed by atoms with E-state index >= 15 is 0 Å². The molecule has 4 N–H and O–H groups in total. The van der Waals surface area contributed by atoms with Crippen LogP contribution in [0.3, 0.4) is 0 Å². The van der Waals surface area contributed by atoms with Gasteiger partial charge in [-0.15, -0.1) is 0 Å². The predicted octanol–water partition coefficient (Wildman–Crippen LogP) is 3.48. The van der Waals surface area contributed by atoms with Gasteiger partial charge >= 0.3 is 35.6 Å². The topological polar surface area (TPSA) is 86.2 Å². The Hall–Kier alpha value is 0.234. The van der Waals surface area contributed by atoms with Crippen LogP contribution in [0, 0.1) is 17.3 Å². The minimum atomic E-state index is -1.08. The van der Waals surface area contributed by atoms with E-state index in [0.717, 1.165) is 51.4 Å². The molecule has 0 heterocycles. The van der Waals surface area contributed by atoms with Gasteiger partial charge in [0, 0.05) is 0 Å². The molecule has 0 atom stereocenters.